The summed E-state index contributed by atoms with van der Waals surface area (Å²) in [6.07, 6.45) is 0.696. The molecule has 0 bridgehead atoms. The number of ether oxygens (including phenoxy) is 1. The second-order valence-electron chi connectivity index (χ2n) is 5.63. The van der Waals surface area contributed by atoms with Crippen molar-refractivity contribution >= 4 is 22.8 Å². The van der Waals surface area contributed by atoms with Gasteiger partial charge in [-0.05, 0) is 18.6 Å². The highest BCUT2D eigenvalue weighted by Crippen LogP contribution is 2.44. The van der Waals surface area contributed by atoms with Crippen molar-refractivity contribution in [2.45, 2.75) is 18.4 Å². The standard InChI is InChI=1S/C18H15NO3S/c20-17(19-13-9-10-23-18(13)21)16-11-5-1-3-7-14(11)22-15-8-4-2-6-12(15)16/h1-8,13,16H,9-10H2,(H,19,20)/t13-/m1/s1. The van der Waals surface area contributed by atoms with E-state index < -0.39 is 5.92 Å². The lowest BCUT2D eigenvalue weighted by molar-refractivity contribution is -0.125. The zero-order chi connectivity index (χ0) is 15.8. The van der Waals surface area contributed by atoms with E-state index in [2.05, 4.69) is 5.32 Å². The summed E-state index contributed by atoms with van der Waals surface area (Å²) in [7, 11) is 0. The molecule has 2 aliphatic rings. The lowest BCUT2D eigenvalue weighted by atomic mass is 9.87. The number of rotatable bonds is 2. The molecule has 0 spiro atoms. The fourth-order valence-corrected chi connectivity index (χ4v) is 4.01. The number of hydrogen-bond acceptors (Lipinski definition) is 4. The summed E-state index contributed by atoms with van der Waals surface area (Å²) in [6.45, 7) is 0. The van der Waals surface area contributed by atoms with Gasteiger partial charge in [0.25, 0.3) is 0 Å². The topological polar surface area (TPSA) is 55.4 Å². The number of carbonyl (C=O) groups is 2. The minimum absolute atomic E-state index is 0.0481. The summed E-state index contributed by atoms with van der Waals surface area (Å²) in [5.41, 5.74) is 1.67. The Balaban J connectivity index is 1.72. The summed E-state index contributed by atoms with van der Waals surface area (Å²) in [5, 5.41) is 2.96. The van der Waals surface area contributed by atoms with Crippen molar-refractivity contribution in [1.29, 1.82) is 0 Å². The maximum atomic E-state index is 12.9. The Kier molecular flexibility index (Phi) is 3.58. The first kappa shape index (κ1) is 14.3. The van der Waals surface area contributed by atoms with Crippen LogP contribution in [0.4, 0.5) is 0 Å². The molecular weight excluding hydrogens is 310 g/mol. The van der Waals surface area contributed by atoms with Crippen LogP contribution in [0, 0.1) is 0 Å². The van der Waals surface area contributed by atoms with E-state index in [9.17, 15) is 9.59 Å². The molecule has 0 unspecified atom stereocenters. The van der Waals surface area contributed by atoms with Gasteiger partial charge in [-0.2, -0.15) is 0 Å². The van der Waals surface area contributed by atoms with Gasteiger partial charge in [0.15, 0.2) is 0 Å². The summed E-state index contributed by atoms with van der Waals surface area (Å²) in [6, 6.07) is 14.7. The fourth-order valence-electron chi connectivity index (χ4n) is 3.07. The Morgan fingerprint density at radius 2 is 1.65 bits per heavy atom. The molecule has 1 N–H and O–H groups in total. The molecule has 2 aromatic carbocycles. The van der Waals surface area contributed by atoms with Crippen LogP contribution in [0.5, 0.6) is 11.5 Å². The summed E-state index contributed by atoms with van der Waals surface area (Å²) in [5.74, 6) is 1.56. The van der Waals surface area contributed by atoms with E-state index >= 15 is 0 Å². The third-order valence-corrected chi connectivity index (χ3v) is 5.20. The van der Waals surface area contributed by atoms with Crippen molar-refractivity contribution < 1.29 is 14.3 Å². The average molecular weight is 325 g/mol. The SMILES string of the molecule is O=C(N[C@@H]1CCSC1=O)C1c2ccccc2Oc2ccccc21. The average Bonchev–Trinajstić information content (AvgIpc) is 2.97. The van der Waals surface area contributed by atoms with Gasteiger partial charge in [-0.15, -0.1) is 0 Å². The molecule has 4 rings (SSSR count). The normalized spacial score (nSPS) is 19.7. The zero-order valence-corrected chi connectivity index (χ0v) is 13.1. The molecule has 2 heterocycles. The molecular formula is C18H15NO3S. The number of nitrogens with one attached hydrogen (secondary N) is 1. The highest BCUT2D eigenvalue weighted by atomic mass is 32.2. The highest BCUT2D eigenvalue weighted by Gasteiger charge is 2.35. The van der Waals surface area contributed by atoms with Crippen molar-refractivity contribution in [3.05, 3.63) is 59.7 Å². The molecule has 0 saturated carbocycles. The van der Waals surface area contributed by atoms with Crippen LogP contribution in [0.3, 0.4) is 0 Å². The number of para-hydroxylation sites is 2. The molecule has 2 aliphatic heterocycles. The van der Waals surface area contributed by atoms with Crippen molar-refractivity contribution in [3.63, 3.8) is 0 Å². The molecule has 23 heavy (non-hydrogen) atoms. The Bertz CT molecular complexity index is 744. The van der Waals surface area contributed by atoms with Crippen LogP contribution >= 0.6 is 11.8 Å². The van der Waals surface area contributed by atoms with Crippen molar-refractivity contribution in [2.24, 2.45) is 0 Å². The third-order valence-electron chi connectivity index (χ3n) is 4.19. The van der Waals surface area contributed by atoms with Crippen LogP contribution in [0.1, 0.15) is 23.5 Å². The molecule has 5 heteroatoms. The first-order valence-corrected chi connectivity index (χ1v) is 8.55. The molecule has 116 valence electrons. The minimum atomic E-state index is -0.449. The monoisotopic (exact) mass is 325 g/mol. The van der Waals surface area contributed by atoms with Crippen LogP contribution in [-0.4, -0.2) is 22.8 Å². The number of thioether (sulfide) groups is 1. The van der Waals surface area contributed by atoms with Crippen LogP contribution in [-0.2, 0) is 9.59 Å². The van der Waals surface area contributed by atoms with Crippen molar-refractivity contribution in [3.8, 4) is 11.5 Å². The largest absolute Gasteiger partial charge is 0.457 e. The highest BCUT2D eigenvalue weighted by molar-refractivity contribution is 8.14. The van der Waals surface area contributed by atoms with Crippen LogP contribution in [0.25, 0.3) is 0 Å². The van der Waals surface area contributed by atoms with Gasteiger partial charge in [-0.25, -0.2) is 0 Å². The molecule has 0 radical (unpaired) electrons. The zero-order valence-electron chi connectivity index (χ0n) is 12.3. The van der Waals surface area contributed by atoms with Gasteiger partial charge in [0.05, 0.1) is 12.0 Å². The first-order valence-electron chi connectivity index (χ1n) is 7.57. The van der Waals surface area contributed by atoms with Gasteiger partial charge in [-0.1, -0.05) is 48.2 Å². The second-order valence-corrected chi connectivity index (χ2v) is 6.73. The number of hydrogen-bond donors (Lipinski definition) is 1. The molecule has 1 atom stereocenters. The summed E-state index contributed by atoms with van der Waals surface area (Å²) < 4.78 is 5.90. The Morgan fingerprint density at radius 3 is 2.22 bits per heavy atom. The summed E-state index contributed by atoms with van der Waals surface area (Å²) >= 11 is 1.29. The minimum Gasteiger partial charge on any atom is -0.457 e. The maximum absolute atomic E-state index is 12.9. The quantitative estimate of drug-likeness (QED) is 0.922. The van der Waals surface area contributed by atoms with Crippen molar-refractivity contribution in [2.75, 3.05) is 5.75 Å². The van der Waals surface area contributed by atoms with E-state index in [0.717, 1.165) is 16.9 Å². The predicted molar refractivity (Wildman–Crippen MR) is 88.8 cm³/mol. The van der Waals surface area contributed by atoms with E-state index in [-0.39, 0.29) is 17.1 Å². The number of benzene rings is 2. The Hall–Kier alpha value is -2.27. The van der Waals surface area contributed by atoms with Crippen molar-refractivity contribution in [1.82, 2.24) is 5.32 Å². The van der Waals surface area contributed by atoms with E-state index in [0.29, 0.717) is 17.9 Å². The van der Waals surface area contributed by atoms with Crippen LogP contribution in [0.2, 0.25) is 0 Å². The van der Waals surface area contributed by atoms with E-state index in [4.69, 9.17) is 4.74 Å². The second kappa shape index (κ2) is 5.74. The number of fused-ring (bicyclic) bond motifs is 2. The maximum Gasteiger partial charge on any atom is 0.232 e. The predicted octanol–water partition coefficient (Wildman–Crippen LogP) is 3.07. The van der Waals surface area contributed by atoms with E-state index in [1.165, 1.54) is 11.8 Å². The Morgan fingerprint density at radius 1 is 1.04 bits per heavy atom. The van der Waals surface area contributed by atoms with Gasteiger partial charge in [0.2, 0.25) is 11.0 Å². The van der Waals surface area contributed by atoms with Gasteiger partial charge in [0, 0.05) is 16.9 Å². The van der Waals surface area contributed by atoms with Crippen LogP contribution < -0.4 is 10.1 Å². The molecule has 4 nitrogen and oxygen atoms in total. The third kappa shape index (κ3) is 2.51. The smallest absolute Gasteiger partial charge is 0.232 e. The van der Waals surface area contributed by atoms with Gasteiger partial charge >= 0.3 is 0 Å². The van der Waals surface area contributed by atoms with Gasteiger partial charge in [-0.3, -0.25) is 9.59 Å². The first-order chi connectivity index (χ1) is 11.2. The lowest BCUT2D eigenvalue weighted by Crippen LogP contribution is -2.40. The van der Waals surface area contributed by atoms with Gasteiger partial charge < -0.3 is 10.1 Å². The van der Waals surface area contributed by atoms with Gasteiger partial charge in [0.1, 0.15) is 11.5 Å². The molecule has 1 amide bonds. The molecule has 0 aromatic heterocycles. The lowest BCUT2D eigenvalue weighted by Gasteiger charge is -2.28. The molecule has 2 aromatic rings. The fraction of sp³-hybridized carbons (Fsp3) is 0.222. The van der Waals surface area contributed by atoms with Crippen LogP contribution in [0.15, 0.2) is 48.5 Å². The van der Waals surface area contributed by atoms with E-state index in [1.54, 1.807) is 0 Å². The van der Waals surface area contributed by atoms with E-state index in [1.807, 2.05) is 48.5 Å². The number of carbonyl (C=O) groups excluding carboxylic acids is 2. The molecule has 1 fully saturated rings. The molecule has 0 aliphatic carbocycles. The Labute approximate surface area is 138 Å². The number of amides is 1. The summed E-state index contributed by atoms with van der Waals surface area (Å²) in [4.78, 5) is 24.7. The molecule has 1 saturated heterocycles.